The van der Waals surface area contributed by atoms with Crippen molar-refractivity contribution >= 4 is 6.03 Å². The summed E-state index contributed by atoms with van der Waals surface area (Å²) in [7, 11) is 1.28. The van der Waals surface area contributed by atoms with Crippen LogP contribution >= 0.6 is 0 Å². The van der Waals surface area contributed by atoms with E-state index in [0.717, 1.165) is 43.9 Å². The lowest BCUT2D eigenvalue weighted by Gasteiger charge is -2.37. The van der Waals surface area contributed by atoms with Crippen LogP contribution in [0.15, 0.2) is 66.7 Å². The van der Waals surface area contributed by atoms with E-state index < -0.39 is 34.9 Å². The van der Waals surface area contributed by atoms with E-state index in [9.17, 15) is 26.7 Å². The van der Waals surface area contributed by atoms with Crippen LogP contribution in [-0.4, -0.2) is 19.2 Å². The van der Waals surface area contributed by atoms with Crippen LogP contribution in [0.3, 0.4) is 0 Å². The molecule has 3 aromatic rings. The molecule has 37 heavy (non-hydrogen) atoms. The number of rotatable bonds is 7. The normalized spacial score (nSPS) is 15.7. The summed E-state index contributed by atoms with van der Waals surface area (Å²) in [4.78, 5) is 13.3. The highest BCUT2D eigenvalue weighted by Crippen LogP contribution is 2.39. The molecule has 1 aliphatic carbocycles. The third kappa shape index (κ3) is 6.03. The van der Waals surface area contributed by atoms with Gasteiger partial charge < -0.3 is 15.4 Å². The molecule has 1 unspecified atom stereocenters. The molecule has 3 aromatic carbocycles. The standard InChI is InChI=1S/C28H27F5N2O2/c1-37-25-12-11-19(16-24(25)30)27(17-18-7-3-2-4-8-18,35-26(36)34-23-9-5-6-10-23)20-13-21(28(31,32)33)15-22(29)14-20/h2-4,7-8,11-16,23H,5-6,9-10,17H2,1H3,(H2,34,35,36). The predicted molar refractivity (Wildman–Crippen MR) is 129 cm³/mol. The summed E-state index contributed by atoms with van der Waals surface area (Å²) in [5, 5.41) is 5.69. The van der Waals surface area contributed by atoms with Gasteiger partial charge in [-0.15, -0.1) is 0 Å². The highest BCUT2D eigenvalue weighted by atomic mass is 19.4. The predicted octanol–water partition coefficient (Wildman–Crippen LogP) is 6.72. The Labute approximate surface area is 211 Å². The van der Waals surface area contributed by atoms with Gasteiger partial charge in [-0.25, -0.2) is 13.6 Å². The van der Waals surface area contributed by atoms with Crippen molar-refractivity contribution in [3.8, 4) is 5.75 Å². The van der Waals surface area contributed by atoms with Crippen LogP contribution in [0.2, 0.25) is 0 Å². The molecule has 0 bridgehead atoms. The van der Waals surface area contributed by atoms with Crippen molar-refractivity contribution in [2.75, 3.05) is 7.11 Å². The lowest BCUT2D eigenvalue weighted by Crippen LogP contribution is -2.53. The van der Waals surface area contributed by atoms with Crippen LogP contribution in [0.25, 0.3) is 0 Å². The zero-order valence-corrected chi connectivity index (χ0v) is 20.2. The lowest BCUT2D eigenvalue weighted by atomic mass is 9.77. The quantitative estimate of drug-likeness (QED) is 0.341. The average molecular weight is 519 g/mol. The molecule has 1 saturated carbocycles. The van der Waals surface area contributed by atoms with Crippen LogP contribution in [-0.2, 0) is 18.1 Å². The van der Waals surface area contributed by atoms with Crippen molar-refractivity contribution in [3.63, 3.8) is 0 Å². The summed E-state index contributed by atoms with van der Waals surface area (Å²) in [5.41, 5.74) is -2.37. The maximum atomic E-state index is 14.9. The number of alkyl halides is 3. The summed E-state index contributed by atoms with van der Waals surface area (Å²) in [6.45, 7) is 0. The van der Waals surface area contributed by atoms with Crippen molar-refractivity contribution in [1.82, 2.24) is 10.6 Å². The van der Waals surface area contributed by atoms with Gasteiger partial charge in [0.2, 0.25) is 0 Å². The molecular formula is C28H27F5N2O2. The first-order chi connectivity index (χ1) is 17.6. The first kappa shape index (κ1) is 26.4. The van der Waals surface area contributed by atoms with Crippen LogP contribution in [0.5, 0.6) is 5.75 Å². The van der Waals surface area contributed by atoms with Crippen molar-refractivity contribution in [1.29, 1.82) is 0 Å². The summed E-state index contributed by atoms with van der Waals surface area (Å²) in [6, 6.07) is 14.0. The topological polar surface area (TPSA) is 50.4 Å². The second kappa shape index (κ2) is 10.8. The number of carbonyl (C=O) groups is 1. The molecule has 0 radical (unpaired) electrons. The Morgan fingerprint density at radius 3 is 2.22 bits per heavy atom. The molecule has 1 aliphatic rings. The minimum absolute atomic E-state index is 0.0710. The average Bonchev–Trinajstić information content (AvgIpc) is 3.36. The maximum absolute atomic E-state index is 14.9. The molecule has 4 rings (SSSR count). The molecule has 1 atom stereocenters. The van der Waals surface area contributed by atoms with Gasteiger partial charge in [0.25, 0.3) is 0 Å². The van der Waals surface area contributed by atoms with E-state index in [2.05, 4.69) is 10.6 Å². The van der Waals surface area contributed by atoms with E-state index in [4.69, 9.17) is 4.74 Å². The van der Waals surface area contributed by atoms with Gasteiger partial charge in [0.15, 0.2) is 11.6 Å². The van der Waals surface area contributed by atoms with Crippen LogP contribution < -0.4 is 15.4 Å². The number of amides is 2. The Balaban J connectivity index is 1.93. The summed E-state index contributed by atoms with van der Waals surface area (Å²) in [6.07, 6.45) is -1.47. The van der Waals surface area contributed by atoms with Crippen LogP contribution in [0.1, 0.15) is 47.9 Å². The largest absolute Gasteiger partial charge is 0.494 e. The van der Waals surface area contributed by atoms with Crippen molar-refractivity contribution < 1.29 is 31.5 Å². The number of halogens is 5. The number of hydrogen-bond acceptors (Lipinski definition) is 2. The number of ether oxygens (including phenoxy) is 1. The molecule has 2 amide bonds. The molecule has 0 aromatic heterocycles. The Bertz CT molecular complexity index is 1240. The van der Waals surface area contributed by atoms with Crippen LogP contribution in [0.4, 0.5) is 26.7 Å². The highest BCUT2D eigenvalue weighted by Gasteiger charge is 2.40. The van der Waals surface area contributed by atoms with Crippen molar-refractivity contribution in [2.45, 2.75) is 49.9 Å². The molecule has 0 spiro atoms. The first-order valence-electron chi connectivity index (χ1n) is 12.0. The third-order valence-electron chi connectivity index (χ3n) is 6.69. The minimum atomic E-state index is -4.84. The molecular weight excluding hydrogens is 491 g/mol. The fourth-order valence-electron chi connectivity index (χ4n) is 4.88. The molecule has 4 nitrogen and oxygen atoms in total. The van der Waals surface area contributed by atoms with Gasteiger partial charge in [-0.3, -0.25) is 0 Å². The smallest absolute Gasteiger partial charge is 0.416 e. The van der Waals surface area contributed by atoms with Gasteiger partial charge in [0.05, 0.1) is 18.2 Å². The van der Waals surface area contributed by atoms with Gasteiger partial charge in [-0.2, -0.15) is 13.2 Å². The number of benzene rings is 3. The van der Waals surface area contributed by atoms with Gasteiger partial charge in [-0.05, 0) is 59.9 Å². The van der Waals surface area contributed by atoms with Crippen LogP contribution in [0, 0.1) is 11.6 Å². The van der Waals surface area contributed by atoms with E-state index in [1.165, 1.54) is 19.2 Å². The molecule has 2 N–H and O–H groups in total. The Morgan fingerprint density at radius 1 is 0.919 bits per heavy atom. The summed E-state index contributed by atoms with van der Waals surface area (Å²) < 4.78 is 75.8. The molecule has 1 fully saturated rings. The summed E-state index contributed by atoms with van der Waals surface area (Å²) >= 11 is 0. The monoisotopic (exact) mass is 518 g/mol. The zero-order valence-electron chi connectivity index (χ0n) is 20.2. The fraction of sp³-hybridized carbons (Fsp3) is 0.321. The van der Waals surface area contributed by atoms with Gasteiger partial charge in [-0.1, -0.05) is 49.2 Å². The van der Waals surface area contributed by atoms with E-state index in [-0.39, 0.29) is 29.3 Å². The Morgan fingerprint density at radius 2 is 1.59 bits per heavy atom. The second-order valence-corrected chi connectivity index (χ2v) is 9.22. The van der Waals surface area contributed by atoms with Crippen molar-refractivity contribution in [3.05, 3.63) is 101 Å². The molecule has 0 heterocycles. The molecule has 196 valence electrons. The van der Waals surface area contributed by atoms with Crippen molar-refractivity contribution in [2.24, 2.45) is 0 Å². The number of carbonyl (C=O) groups excluding carboxylic acids is 1. The maximum Gasteiger partial charge on any atom is 0.416 e. The third-order valence-corrected chi connectivity index (χ3v) is 6.69. The van der Waals surface area contributed by atoms with Gasteiger partial charge in [0, 0.05) is 12.5 Å². The minimum Gasteiger partial charge on any atom is -0.494 e. The fourth-order valence-corrected chi connectivity index (χ4v) is 4.88. The SMILES string of the molecule is COc1ccc(C(Cc2ccccc2)(NC(=O)NC2CCCC2)c2cc(F)cc(C(F)(F)F)c2)cc1F. The zero-order chi connectivity index (χ0) is 26.6. The first-order valence-corrected chi connectivity index (χ1v) is 12.0. The number of hydrogen-bond donors (Lipinski definition) is 2. The number of methoxy groups -OCH3 is 1. The van der Waals surface area contributed by atoms with E-state index in [0.29, 0.717) is 11.6 Å². The van der Waals surface area contributed by atoms with E-state index in [1.807, 2.05) is 0 Å². The molecule has 0 aliphatic heterocycles. The van der Waals surface area contributed by atoms with E-state index >= 15 is 0 Å². The lowest BCUT2D eigenvalue weighted by molar-refractivity contribution is -0.137. The summed E-state index contributed by atoms with van der Waals surface area (Å²) in [5.74, 6) is -1.99. The number of nitrogens with one attached hydrogen (secondary N) is 2. The molecule has 9 heteroatoms. The second-order valence-electron chi connectivity index (χ2n) is 9.22. The Hall–Kier alpha value is -3.62. The number of urea groups is 1. The molecule has 0 saturated heterocycles. The highest BCUT2D eigenvalue weighted by molar-refractivity contribution is 5.76. The van der Waals surface area contributed by atoms with Gasteiger partial charge >= 0.3 is 12.2 Å². The van der Waals surface area contributed by atoms with E-state index in [1.54, 1.807) is 30.3 Å². The Kier molecular flexibility index (Phi) is 7.71. The van der Waals surface area contributed by atoms with Gasteiger partial charge in [0.1, 0.15) is 5.82 Å².